The highest BCUT2D eigenvalue weighted by atomic mass is 35.5. The summed E-state index contributed by atoms with van der Waals surface area (Å²) in [5, 5.41) is 3.29. The van der Waals surface area contributed by atoms with E-state index < -0.39 is 0 Å². The predicted octanol–water partition coefficient (Wildman–Crippen LogP) is 2.15. The average molecular weight is 269 g/mol. The third kappa shape index (κ3) is 2.22. The molecule has 1 N–H and O–H groups in total. The highest BCUT2D eigenvalue weighted by molar-refractivity contribution is 5.85. The van der Waals surface area contributed by atoms with Crippen LogP contribution in [-0.2, 0) is 10.3 Å². The van der Waals surface area contributed by atoms with Gasteiger partial charge < -0.3 is 15.0 Å². The van der Waals surface area contributed by atoms with Crippen LogP contribution < -0.4 is 10.2 Å². The van der Waals surface area contributed by atoms with Crippen LogP contribution in [0.4, 0.5) is 5.69 Å². The lowest BCUT2D eigenvalue weighted by Crippen LogP contribution is -2.57. The topological polar surface area (TPSA) is 24.5 Å². The molecule has 2 aliphatic rings. The molecule has 2 heterocycles. The number of nitrogens with zero attached hydrogens (tertiary/aromatic N) is 1. The number of nitrogens with one attached hydrogen (secondary N) is 1. The zero-order valence-corrected chi connectivity index (χ0v) is 11.6. The molecule has 0 spiro atoms. The molecule has 18 heavy (non-hydrogen) atoms. The average Bonchev–Trinajstić information content (AvgIpc) is 2.83. The highest BCUT2D eigenvalue weighted by Gasteiger charge is 2.38. The van der Waals surface area contributed by atoms with E-state index in [-0.39, 0.29) is 18.0 Å². The third-order valence-electron chi connectivity index (χ3n) is 4.08. The molecule has 0 atom stereocenters. The van der Waals surface area contributed by atoms with Gasteiger partial charge in [-0.3, -0.25) is 0 Å². The van der Waals surface area contributed by atoms with Crippen molar-refractivity contribution < 1.29 is 4.74 Å². The van der Waals surface area contributed by atoms with Crippen LogP contribution >= 0.6 is 12.4 Å². The van der Waals surface area contributed by atoms with Gasteiger partial charge in [0, 0.05) is 39.0 Å². The van der Waals surface area contributed by atoms with Crippen LogP contribution in [0.5, 0.6) is 0 Å². The lowest BCUT2D eigenvalue weighted by molar-refractivity contribution is -0.0565. The lowest BCUT2D eigenvalue weighted by Gasteiger charge is -2.41. The molecule has 2 aliphatic heterocycles. The number of benzene rings is 1. The molecule has 1 aromatic rings. The van der Waals surface area contributed by atoms with Crippen molar-refractivity contribution in [3.8, 4) is 0 Å². The number of methoxy groups -OCH3 is 1. The molecule has 0 saturated carbocycles. The first kappa shape index (κ1) is 13.7. The highest BCUT2D eigenvalue weighted by Crippen LogP contribution is 2.31. The zero-order chi connectivity index (χ0) is 11.7. The fraction of sp³-hybridized carbons (Fsp3) is 0.571. The molecule has 0 aromatic heterocycles. The molecule has 1 aromatic carbocycles. The summed E-state index contributed by atoms with van der Waals surface area (Å²) < 4.78 is 5.65. The van der Waals surface area contributed by atoms with E-state index in [0.717, 1.165) is 13.1 Å². The Kier molecular flexibility index (Phi) is 4.15. The maximum Gasteiger partial charge on any atom is 0.117 e. The summed E-state index contributed by atoms with van der Waals surface area (Å²) >= 11 is 0. The van der Waals surface area contributed by atoms with Crippen molar-refractivity contribution in [3.05, 3.63) is 29.8 Å². The van der Waals surface area contributed by atoms with E-state index >= 15 is 0 Å². The molecule has 0 unspecified atom stereocenters. The van der Waals surface area contributed by atoms with Crippen LogP contribution in [-0.4, -0.2) is 33.3 Å². The van der Waals surface area contributed by atoms with Crippen molar-refractivity contribution in [1.29, 1.82) is 0 Å². The number of halogens is 1. The maximum atomic E-state index is 5.65. The molecule has 0 bridgehead atoms. The number of anilines is 1. The summed E-state index contributed by atoms with van der Waals surface area (Å²) in [7, 11) is 1.80. The van der Waals surface area contributed by atoms with E-state index in [1.807, 2.05) is 0 Å². The molecule has 3 nitrogen and oxygen atoms in total. The number of hydrogen-bond donors (Lipinski definition) is 1. The van der Waals surface area contributed by atoms with Gasteiger partial charge in [-0.05, 0) is 30.5 Å². The van der Waals surface area contributed by atoms with Gasteiger partial charge in [0.2, 0.25) is 0 Å². The van der Waals surface area contributed by atoms with Crippen LogP contribution in [0.3, 0.4) is 0 Å². The van der Waals surface area contributed by atoms with Gasteiger partial charge in [0.25, 0.3) is 0 Å². The summed E-state index contributed by atoms with van der Waals surface area (Å²) in [5.41, 5.74) is 2.57. The van der Waals surface area contributed by atoms with Crippen molar-refractivity contribution in [2.75, 3.05) is 38.2 Å². The standard InChI is InChI=1S/C14H20N2O.ClH/c1-17-14(10-15-11-14)12-4-6-13(7-5-12)16-8-2-3-9-16;/h4-7,15H,2-3,8-11H2,1H3;1H. The SMILES string of the molecule is COC1(c2ccc(N3CCCC3)cc2)CNC1.Cl. The minimum Gasteiger partial charge on any atom is -0.372 e. The second-order valence-electron chi connectivity index (χ2n) is 5.04. The summed E-state index contributed by atoms with van der Waals surface area (Å²) in [4.78, 5) is 2.46. The molecule has 0 aliphatic carbocycles. The largest absolute Gasteiger partial charge is 0.372 e. The molecular weight excluding hydrogens is 248 g/mol. The van der Waals surface area contributed by atoms with E-state index in [1.54, 1.807) is 7.11 Å². The molecular formula is C14H21ClN2O. The molecule has 0 amide bonds. The number of ether oxygens (including phenoxy) is 1. The molecule has 2 fully saturated rings. The normalized spacial score (nSPS) is 21.3. The van der Waals surface area contributed by atoms with Crippen LogP contribution in [0.25, 0.3) is 0 Å². The summed E-state index contributed by atoms with van der Waals surface area (Å²) in [6, 6.07) is 8.91. The van der Waals surface area contributed by atoms with Gasteiger partial charge in [-0.1, -0.05) is 12.1 Å². The van der Waals surface area contributed by atoms with Gasteiger partial charge in [-0.15, -0.1) is 12.4 Å². The Morgan fingerprint density at radius 1 is 1.11 bits per heavy atom. The van der Waals surface area contributed by atoms with Crippen molar-refractivity contribution in [3.63, 3.8) is 0 Å². The van der Waals surface area contributed by atoms with Gasteiger partial charge >= 0.3 is 0 Å². The van der Waals surface area contributed by atoms with Gasteiger partial charge in [-0.25, -0.2) is 0 Å². The second kappa shape index (κ2) is 5.47. The Morgan fingerprint density at radius 2 is 1.72 bits per heavy atom. The smallest absolute Gasteiger partial charge is 0.117 e. The van der Waals surface area contributed by atoms with Gasteiger partial charge in [0.15, 0.2) is 0 Å². The Balaban J connectivity index is 0.00000120. The first-order valence-corrected chi connectivity index (χ1v) is 6.45. The second-order valence-corrected chi connectivity index (χ2v) is 5.04. The van der Waals surface area contributed by atoms with Crippen molar-refractivity contribution in [1.82, 2.24) is 5.32 Å². The van der Waals surface area contributed by atoms with E-state index in [9.17, 15) is 0 Å². The van der Waals surface area contributed by atoms with Crippen LogP contribution in [0.15, 0.2) is 24.3 Å². The van der Waals surface area contributed by atoms with Crippen molar-refractivity contribution in [2.45, 2.75) is 18.4 Å². The van der Waals surface area contributed by atoms with Crippen LogP contribution in [0.1, 0.15) is 18.4 Å². The minimum absolute atomic E-state index is 0. The van der Waals surface area contributed by atoms with E-state index in [2.05, 4.69) is 34.5 Å². The monoisotopic (exact) mass is 268 g/mol. The first-order chi connectivity index (χ1) is 8.34. The Hall–Kier alpha value is -0.770. The van der Waals surface area contributed by atoms with Crippen molar-refractivity contribution in [2.24, 2.45) is 0 Å². The van der Waals surface area contributed by atoms with E-state index in [1.165, 1.54) is 37.2 Å². The fourth-order valence-corrected chi connectivity index (χ4v) is 2.77. The Labute approximate surface area is 115 Å². The molecule has 4 heteroatoms. The summed E-state index contributed by atoms with van der Waals surface area (Å²) in [6.45, 7) is 4.26. The van der Waals surface area contributed by atoms with E-state index in [0.29, 0.717) is 0 Å². The summed E-state index contributed by atoms with van der Waals surface area (Å²) in [6.07, 6.45) is 2.65. The van der Waals surface area contributed by atoms with E-state index in [4.69, 9.17) is 4.74 Å². The minimum atomic E-state index is -0.0798. The Bertz CT molecular complexity index is 378. The lowest BCUT2D eigenvalue weighted by atomic mass is 9.88. The maximum absolute atomic E-state index is 5.65. The van der Waals surface area contributed by atoms with Crippen molar-refractivity contribution >= 4 is 18.1 Å². The molecule has 0 radical (unpaired) electrons. The number of hydrogen-bond acceptors (Lipinski definition) is 3. The molecule has 3 rings (SSSR count). The van der Waals surface area contributed by atoms with Gasteiger partial charge in [0.1, 0.15) is 5.60 Å². The first-order valence-electron chi connectivity index (χ1n) is 6.45. The quantitative estimate of drug-likeness (QED) is 0.909. The summed E-state index contributed by atoms with van der Waals surface area (Å²) in [5.74, 6) is 0. The fourth-order valence-electron chi connectivity index (χ4n) is 2.77. The number of rotatable bonds is 3. The van der Waals surface area contributed by atoms with Crippen LogP contribution in [0.2, 0.25) is 0 Å². The zero-order valence-electron chi connectivity index (χ0n) is 10.8. The predicted molar refractivity (Wildman–Crippen MR) is 76.7 cm³/mol. The van der Waals surface area contributed by atoms with Crippen LogP contribution in [0, 0.1) is 0 Å². The molecule has 2 saturated heterocycles. The van der Waals surface area contributed by atoms with Gasteiger partial charge in [-0.2, -0.15) is 0 Å². The molecule has 100 valence electrons. The Morgan fingerprint density at radius 3 is 2.17 bits per heavy atom. The third-order valence-corrected chi connectivity index (χ3v) is 4.08. The van der Waals surface area contributed by atoms with Gasteiger partial charge in [0.05, 0.1) is 0 Å².